The van der Waals surface area contributed by atoms with E-state index in [2.05, 4.69) is 19.9 Å². The molecule has 0 spiro atoms. The van der Waals surface area contributed by atoms with Crippen LogP contribution in [0.25, 0.3) is 24.3 Å². The number of hydrogen-bond donors (Lipinski definition) is 0. The Morgan fingerprint density at radius 1 is 0.457 bits per heavy atom. The molecule has 4 aromatic rings. The van der Waals surface area contributed by atoms with Crippen molar-refractivity contribution in [3.8, 4) is 0 Å². The molecule has 0 aliphatic carbocycles. The Hall–Kier alpha value is -4.74. The topological polar surface area (TPSA) is 232 Å². The molecule has 0 fully saturated rings. The van der Waals surface area contributed by atoms with Crippen LogP contribution in [0.2, 0.25) is 0 Å². The van der Waals surface area contributed by atoms with Crippen molar-refractivity contribution in [1.29, 1.82) is 0 Å². The molecule has 248 valence electrons. The monoisotopic (exact) mass is 716 g/mol. The maximum absolute atomic E-state index is 8.89. The molecular weight excluding hydrogens is 680 g/mol. The van der Waals surface area contributed by atoms with Crippen LogP contribution in [0.3, 0.4) is 0 Å². The van der Waals surface area contributed by atoms with Gasteiger partial charge in [0.25, 0.3) is 0 Å². The molecular formula is C28H36Cr2N8O8. The SMILES string of the molecule is CC(=O)[O-].CC(=O)[O-].CC(=O)[O-].CC(=O)[O-].Cn1ccnc1/C=C/c1nccn1C.Cn1ccnc1/C=C/c1nccn1C.[Cr+2].[Cr+2]. The van der Waals surface area contributed by atoms with E-state index < -0.39 is 23.9 Å². The molecule has 4 heterocycles. The zero-order valence-corrected chi connectivity index (χ0v) is 29.1. The van der Waals surface area contributed by atoms with Gasteiger partial charge in [0.05, 0.1) is 0 Å². The Labute approximate surface area is 288 Å². The number of aliphatic carboxylic acids is 4. The molecule has 0 radical (unpaired) electrons. The van der Waals surface area contributed by atoms with E-state index in [0.717, 1.165) is 51.0 Å². The van der Waals surface area contributed by atoms with Gasteiger partial charge in [-0.05, 0) is 52.0 Å². The number of rotatable bonds is 4. The molecule has 0 unspecified atom stereocenters. The molecule has 0 aliphatic rings. The molecule has 18 heteroatoms. The first-order valence-corrected chi connectivity index (χ1v) is 12.4. The minimum Gasteiger partial charge on any atom is -0.550 e. The van der Waals surface area contributed by atoms with Crippen LogP contribution >= 0.6 is 0 Å². The number of carbonyl (C=O) groups is 4. The van der Waals surface area contributed by atoms with Crippen LogP contribution in [0, 0.1) is 0 Å². The molecule has 0 aromatic carbocycles. The number of aryl methyl sites for hydroxylation is 4. The molecule has 0 amide bonds. The van der Waals surface area contributed by atoms with E-state index in [1.165, 1.54) is 0 Å². The summed E-state index contributed by atoms with van der Waals surface area (Å²) in [7, 11) is 7.85. The Bertz CT molecular complexity index is 1250. The van der Waals surface area contributed by atoms with E-state index in [1.807, 2.05) is 95.6 Å². The van der Waals surface area contributed by atoms with Crippen molar-refractivity contribution in [2.24, 2.45) is 28.2 Å². The van der Waals surface area contributed by atoms with Crippen LogP contribution in [0.1, 0.15) is 51.0 Å². The number of aromatic nitrogens is 8. The van der Waals surface area contributed by atoms with Crippen LogP contribution in [0.5, 0.6) is 0 Å². The molecule has 0 N–H and O–H groups in total. The van der Waals surface area contributed by atoms with Crippen LogP contribution in [0.15, 0.2) is 49.6 Å². The second-order valence-corrected chi connectivity index (χ2v) is 8.22. The van der Waals surface area contributed by atoms with E-state index >= 15 is 0 Å². The van der Waals surface area contributed by atoms with E-state index in [9.17, 15) is 0 Å². The third-order valence-corrected chi connectivity index (χ3v) is 4.20. The molecule has 0 bridgehead atoms. The Kier molecular flexibility index (Phi) is 29.1. The predicted molar refractivity (Wildman–Crippen MR) is 153 cm³/mol. The van der Waals surface area contributed by atoms with E-state index in [1.54, 1.807) is 24.8 Å². The number of carbonyl (C=O) groups excluding carboxylic acids is 4. The molecule has 4 rings (SSSR count). The third kappa shape index (κ3) is 28.1. The van der Waals surface area contributed by atoms with Crippen LogP contribution in [-0.2, 0) is 82.1 Å². The Morgan fingerprint density at radius 2 is 0.587 bits per heavy atom. The molecule has 46 heavy (non-hydrogen) atoms. The van der Waals surface area contributed by atoms with Crippen molar-refractivity contribution in [2.75, 3.05) is 0 Å². The minimum absolute atomic E-state index is 0. The van der Waals surface area contributed by atoms with Gasteiger partial charge >= 0.3 is 34.7 Å². The number of nitrogens with zero attached hydrogens (tertiary/aromatic N) is 8. The van der Waals surface area contributed by atoms with Crippen molar-refractivity contribution in [2.45, 2.75) is 27.7 Å². The summed E-state index contributed by atoms with van der Waals surface area (Å²) >= 11 is 0. The van der Waals surface area contributed by atoms with Gasteiger partial charge in [0.2, 0.25) is 0 Å². The van der Waals surface area contributed by atoms with Crippen LogP contribution in [0.4, 0.5) is 0 Å². The first-order chi connectivity index (χ1) is 20.5. The fourth-order valence-corrected chi connectivity index (χ4v) is 2.45. The Balaban J connectivity index is -0.000000257. The quantitative estimate of drug-likeness (QED) is 0.216. The maximum atomic E-state index is 8.89. The second-order valence-electron chi connectivity index (χ2n) is 8.22. The predicted octanol–water partition coefficient (Wildman–Crippen LogP) is -2.33. The average molecular weight is 717 g/mol. The smallest absolute Gasteiger partial charge is 0.550 e. The Morgan fingerprint density at radius 3 is 0.674 bits per heavy atom. The van der Waals surface area contributed by atoms with Crippen molar-refractivity contribution < 1.29 is 74.3 Å². The maximum Gasteiger partial charge on any atom is 2.00 e. The van der Waals surface area contributed by atoms with Gasteiger partial charge in [-0.25, -0.2) is 19.9 Å². The normalized spacial score (nSPS) is 9.04. The number of carboxylic acids is 4. The minimum atomic E-state index is -1.08. The number of hydrogen-bond acceptors (Lipinski definition) is 12. The molecule has 0 saturated carbocycles. The molecule has 16 nitrogen and oxygen atoms in total. The van der Waals surface area contributed by atoms with Crippen molar-refractivity contribution >= 4 is 48.2 Å². The van der Waals surface area contributed by atoms with Gasteiger partial charge in [-0.2, -0.15) is 0 Å². The first-order valence-electron chi connectivity index (χ1n) is 12.4. The summed E-state index contributed by atoms with van der Waals surface area (Å²) in [6.07, 6.45) is 22.5. The fourth-order valence-electron chi connectivity index (χ4n) is 2.45. The van der Waals surface area contributed by atoms with Gasteiger partial charge in [-0.15, -0.1) is 0 Å². The molecule has 0 atom stereocenters. The van der Waals surface area contributed by atoms with Gasteiger partial charge in [-0.1, -0.05) is 0 Å². The van der Waals surface area contributed by atoms with E-state index in [0.29, 0.717) is 0 Å². The summed E-state index contributed by atoms with van der Waals surface area (Å²) in [6.45, 7) is 3.89. The summed E-state index contributed by atoms with van der Waals surface area (Å²) in [6, 6.07) is 0. The molecule has 4 aromatic heterocycles. The summed E-state index contributed by atoms with van der Waals surface area (Å²) in [5.41, 5.74) is 0. The average Bonchev–Trinajstić information content (AvgIpc) is 3.67. The van der Waals surface area contributed by atoms with Crippen LogP contribution < -0.4 is 20.4 Å². The van der Waals surface area contributed by atoms with Gasteiger partial charge in [-0.3, -0.25) is 0 Å². The van der Waals surface area contributed by atoms with Crippen LogP contribution in [-0.4, -0.2) is 62.1 Å². The summed E-state index contributed by atoms with van der Waals surface area (Å²) in [4.78, 5) is 52.3. The standard InChI is InChI=1S/2C10H12N4.4C2H4O2.2Cr/c2*1-13-7-5-11-9(13)3-4-10-12-6-8-14(10)2;4*1-2(3)4;;/h2*3-8H,1-2H3;4*1H3,(H,3,4);;/q;;;;;;2*+2/p-4/b2*4-3+;;;;;;. The van der Waals surface area contributed by atoms with E-state index in [-0.39, 0.29) is 34.7 Å². The van der Waals surface area contributed by atoms with Crippen molar-refractivity contribution in [3.05, 3.63) is 72.9 Å². The molecule has 0 aliphatic heterocycles. The van der Waals surface area contributed by atoms with E-state index in [4.69, 9.17) is 39.6 Å². The van der Waals surface area contributed by atoms with Crippen molar-refractivity contribution in [3.63, 3.8) is 0 Å². The molecule has 0 saturated heterocycles. The van der Waals surface area contributed by atoms with Gasteiger partial charge in [0, 0.05) is 102 Å². The summed E-state index contributed by atoms with van der Waals surface area (Å²) in [5.74, 6) is -0.637. The summed E-state index contributed by atoms with van der Waals surface area (Å²) in [5, 5.41) is 35.6. The second kappa shape index (κ2) is 27.8. The first kappa shape index (κ1) is 48.2. The zero-order chi connectivity index (χ0) is 34.2. The summed E-state index contributed by atoms with van der Waals surface area (Å²) < 4.78 is 7.83. The van der Waals surface area contributed by atoms with Gasteiger partial charge in [0.1, 0.15) is 23.3 Å². The third-order valence-electron chi connectivity index (χ3n) is 4.20. The van der Waals surface area contributed by atoms with Crippen molar-refractivity contribution in [1.82, 2.24) is 38.2 Å². The zero-order valence-electron chi connectivity index (χ0n) is 26.6. The fraction of sp³-hybridized carbons (Fsp3) is 0.286. The van der Waals surface area contributed by atoms with Gasteiger partial charge in [0.15, 0.2) is 0 Å². The number of carboxylic acid groups (broad SMARTS) is 4. The van der Waals surface area contributed by atoms with Gasteiger partial charge < -0.3 is 57.9 Å². The largest absolute Gasteiger partial charge is 2.00 e. The number of imidazole rings is 4.